The normalized spacial score (nSPS) is 16.6. The molecule has 5 heteroatoms. The molecule has 28 heavy (non-hydrogen) atoms. The predicted octanol–water partition coefficient (Wildman–Crippen LogP) is 4.47. The summed E-state index contributed by atoms with van der Waals surface area (Å²) in [5.41, 5.74) is 2.58. The maximum atomic E-state index is 13.1. The maximum absolute atomic E-state index is 13.1. The zero-order valence-corrected chi connectivity index (χ0v) is 16.3. The molecule has 0 saturated carbocycles. The summed E-state index contributed by atoms with van der Waals surface area (Å²) in [6.45, 7) is 3.89. The van der Waals surface area contributed by atoms with Gasteiger partial charge in [0, 0.05) is 30.6 Å². The highest BCUT2D eigenvalue weighted by Gasteiger charge is 2.25. The Kier molecular flexibility index (Phi) is 6.69. The number of ether oxygens (including phenoxy) is 1. The molecule has 2 aromatic carbocycles. The van der Waals surface area contributed by atoms with E-state index in [-0.39, 0.29) is 18.2 Å². The van der Waals surface area contributed by atoms with Gasteiger partial charge in [0.2, 0.25) is 0 Å². The summed E-state index contributed by atoms with van der Waals surface area (Å²) in [4.78, 5) is 25.8. The van der Waals surface area contributed by atoms with Crippen molar-refractivity contribution in [1.29, 1.82) is 0 Å². The molecule has 1 atom stereocenters. The second kappa shape index (κ2) is 9.40. The Bertz CT molecular complexity index is 833. The first-order valence-electron chi connectivity index (χ1n) is 9.91. The summed E-state index contributed by atoms with van der Waals surface area (Å²) < 4.78 is 5.73. The first-order valence-corrected chi connectivity index (χ1v) is 9.91. The second-order valence-corrected chi connectivity index (χ2v) is 7.20. The Morgan fingerprint density at radius 3 is 2.79 bits per heavy atom. The maximum Gasteiger partial charge on any atom is 0.303 e. The van der Waals surface area contributed by atoms with Crippen molar-refractivity contribution in [1.82, 2.24) is 4.90 Å². The number of aliphatic carboxylic acids is 1. The van der Waals surface area contributed by atoms with E-state index in [4.69, 9.17) is 9.84 Å². The molecule has 3 rings (SSSR count). The standard InChI is InChI=1S/C23H27NO4/c1-2-28-21-11-4-3-10-20(21)18-8-5-9-19(15-18)23(27)24-14-6-7-17(16-24)12-13-22(25)26/h3-5,8-11,15,17H,2,6-7,12-14,16H2,1H3,(H,25,26). The summed E-state index contributed by atoms with van der Waals surface area (Å²) >= 11 is 0. The molecule has 1 unspecified atom stereocenters. The molecule has 148 valence electrons. The fraction of sp³-hybridized carbons (Fsp3) is 0.391. The van der Waals surface area contributed by atoms with Gasteiger partial charge < -0.3 is 14.7 Å². The summed E-state index contributed by atoms with van der Waals surface area (Å²) in [6.07, 6.45) is 2.69. The lowest BCUT2D eigenvalue weighted by molar-refractivity contribution is -0.137. The topological polar surface area (TPSA) is 66.8 Å². The molecule has 5 nitrogen and oxygen atoms in total. The molecular weight excluding hydrogens is 354 g/mol. The lowest BCUT2D eigenvalue weighted by Gasteiger charge is -2.32. The van der Waals surface area contributed by atoms with Crippen molar-refractivity contribution in [3.8, 4) is 16.9 Å². The van der Waals surface area contributed by atoms with E-state index in [1.54, 1.807) is 0 Å². The molecule has 1 saturated heterocycles. The van der Waals surface area contributed by atoms with Gasteiger partial charge in [-0.25, -0.2) is 0 Å². The molecule has 0 aromatic heterocycles. The van der Waals surface area contributed by atoms with Crippen molar-refractivity contribution in [2.24, 2.45) is 5.92 Å². The average molecular weight is 381 g/mol. The van der Waals surface area contributed by atoms with E-state index in [0.29, 0.717) is 25.1 Å². The number of piperidine rings is 1. The minimum atomic E-state index is -0.774. The third-order valence-corrected chi connectivity index (χ3v) is 5.18. The number of carbonyl (C=O) groups excluding carboxylic acids is 1. The smallest absolute Gasteiger partial charge is 0.303 e. The number of nitrogens with zero attached hydrogens (tertiary/aromatic N) is 1. The number of carboxylic acids is 1. The summed E-state index contributed by atoms with van der Waals surface area (Å²) in [7, 11) is 0. The number of para-hydroxylation sites is 1. The van der Waals surface area contributed by atoms with Crippen molar-refractivity contribution < 1.29 is 19.4 Å². The van der Waals surface area contributed by atoms with Gasteiger partial charge in [-0.2, -0.15) is 0 Å². The highest BCUT2D eigenvalue weighted by atomic mass is 16.5. The number of hydrogen-bond donors (Lipinski definition) is 1. The molecule has 1 aliphatic rings. The van der Waals surface area contributed by atoms with Gasteiger partial charge in [-0.3, -0.25) is 9.59 Å². The van der Waals surface area contributed by atoms with Gasteiger partial charge in [-0.05, 0) is 55.9 Å². The van der Waals surface area contributed by atoms with Crippen LogP contribution in [-0.4, -0.2) is 41.6 Å². The third kappa shape index (κ3) is 4.91. The molecule has 0 spiro atoms. The first-order chi connectivity index (χ1) is 13.6. The lowest BCUT2D eigenvalue weighted by atomic mass is 9.92. The molecule has 0 aliphatic carbocycles. The van der Waals surface area contributed by atoms with Gasteiger partial charge in [-0.1, -0.05) is 30.3 Å². The van der Waals surface area contributed by atoms with Crippen molar-refractivity contribution in [3.63, 3.8) is 0 Å². The molecular formula is C23H27NO4. The molecule has 2 aromatic rings. The fourth-order valence-electron chi connectivity index (χ4n) is 3.80. The Morgan fingerprint density at radius 2 is 2.00 bits per heavy atom. The summed E-state index contributed by atoms with van der Waals surface area (Å²) in [5.74, 6) is 0.303. The van der Waals surface area contributed by atoms with Crippen LogP contribution in [0.25, 0.3) is 11.1 Å². The van der Waals surface area contributed by atoms with Crippen molar-refractivity contribution >= 4 is 11.9 Å². The van der Waals surface area contributed by atoms with Crippen molar-refractivity contribution in [2.45, 2.75) is 32.6 Å². The van der Waals surface area contributed by atoms with Gasteiger partial charge in [0.25, 0.3) is 5.91 Å². The number of hydrogen-bond acceptors (Lipinski definition) is 3. The van der Waals surface area contributed by atoms with Gasteiger partial charge in [0.1, 0.15) is 5.75 Å². The molecule has 1 aliphatic heterocycles. The molecule has 1 fully saturated rings. The fourth-order valence-corrected chi connectivity index (χ4v) is 3.80. The highest BCUT2D eigenvalue weighted by Crippen LogP contribution is 2.31. The van der Waals surface area contributed by atoms with Crippen LogP contribution in [0.5, 0.6) is 5.75 Å². The monoisotopic (exact) mass is 381 g/mol. The number of carbonyl (C=O) groups is 2. The molecule has 1 amide bonds. The number of likely N-dealkylation sites (tertiary alicyclic amines) is 1. The second-order valence-electron chi connectivity index (χ2n) is 7.20. The van der Waals surface area contributed by atoms with Crippen molar-refractivity contribution in [2.75, 3.05) is 19.7 Å². The van der Waals surface area contributed by atoms with E-state index in [1.165, 1.54) is 0 Å². The van der Waals surface area contributed by atoms with Crippen LogP contribution in [0.4, 0.5) is 0 Å². The Hall–Kier alpha value is -2.82. The number of amides is 1. The van der Waals surface area contributed by atoms with Gasteiger partial charge in [0.15, 0.2) is 0 Å². The minimum Gasteiger partial charge on any atom is -0.493 e. The zero-order valence-electron chi connectivity index (χ0n) is 16.3. The van der Waals surface area contributed by atoms with Crippen LogP contribution >= 0.6 is 0 Å². The Morgan fingerprint density at radius 1 is 1.18 bits per heavy atom. The lowest BCUT2D eigenvalue weighted by Crippen LogP contribution is -2.40. The van der Waals surface area contributed by atoms with E-state index >= 15 is 0 Å². The van der Waals surface area contributed by atoms with E-state index in [2.05, 4.69) is 0 Å². The van der Waals surface area contributed by atoms with E-state index in [0.717, 1.165) is 36.3 Å². The van der Waals surface area contributed by atoms with Crippen LogP contribution in [0.15, 0.2) is 48.5 Å². The molecule has 0 radical (unpaired) electrons. The summed E-state index contributed by atoms with van der Waals surface area (Å²) in [6, 6.07) is 15.5. The molecule has 1 N–H and O–H groups in total. The molecule has 0 bridgehead atoms. The Balaban J connectivity index is 1.76. The quantitative estimate of drug-likeness (QED) is 0.768. The zero-order chi connectivity index (χ0) is 19.9. The van der Waals surface area contributed by atoms with Crippen LogP contribution in [0.1, 0.15) is 43.0 Å². The number of carboxylic acid groups (broad SMARTS) is 1. The van der Waals surface area contributed by atoms with E-state index < -0.39 is 5.97 Å². The van der Waals surface area contributed by atoms with Crippen LogP contribution in [-0.2, 0) is 4.79 Å². The van der Waals surface area contributed by atoms with Gasteiger partial charge in [0.05, 0.1) is 6.61 Å². The minimum absolute atomic E-state index is 0.00997. The first kappa shape index (κ1) is 19.9. The third-order valence-electron chi connectivity index (χ3n) is 5.18. The SMILES string of the molecule is CCOc1ccccc1-c1cccc(C(=O)N2CCCC(CCC(=O)O)C2)c1. The van der Waals surface area contributed by atoms with Gasteiger partial charge in [-0.15, -0.1) is 0 Å². The largest absolute Gasteiger partial charge is 0.493 e. The van der Waals surface area contributed by atoms with Gasteiger partial charge >= 0.3 is 5.97 Å². The number of rotatable bonds is 7. The number of benzene rings is 2. The van der Waals surface area contributed by atoms with Crippen LogP contribution < -0.4 is 4.74 Å². The van der Waals surface area contributed by atoms with Crippen LogP contribution in [0.2, 0.25) is 0 Å². The molecule has 1 heterocycles. The van der Waals surface area contributed by atoms with E-state index in [9.17, 15) is 9.59 Å². The average Bonchev–Trinajstić information content (AvgIpc) is 2.73. The summed E-state index contributed by atoms with van der Waals surface area (Å²) in [5, 5.41) is 8.91. The van der Waals surface area contributed by atoms with Crippen LogP contribution in [0.3, 0.4) is 0 Å². The van der Waals surface area contributed by atoms with Crippen molar-refractivity contribution in [3.05, 3.63) is 54.1 Å². The highest BCUT2D eigenvalue weighted by molar-refractivity contribution is 5.95. The van der Waals surface area contributed by atoms with E-state index in [1.807, 2.05) is 60.4 Å². The van der Waals surface area contributed by atoms with Crippen LogP contribution in [0, 0.1) is 5.92 Å². The Labute approximate surface area is 165 Å². The predicted molar refractivity (Wildman–Crippen MR) is 109 cm³/mol.